The number of ether oxygens (including phenoxy) is 1. The molecule has 7 rings (SSSR count). The number of carboxylic acids is 1. The van der Waals surface area contributed by atoms with Crippen molar-refractivity contribution in [3.05, 3.63) is 71.4 Å². The highest BCUT2D eigenvalue weighted by Gasteiger charge is 2.67. The van der Waals surface area contributed by atoms with E-state index in [0.29, 0.717) is 16.5 Å². The third-order valence-corrected chi connectivity index (χ3v) is 9.67. The van der Waals surface area contributed by atoms with E-state index in [1.807, 2.05) is 6.07 Å². The summed E-state index contributed by atoms with van der Waals surface area (Å²) in [5.41, 5.74) is -0.226. The number of halogens is 3. The molecule has 1 atom stereocenters. The van der Waals surface area contributed by atoms with Gasteiger partial charge in [0.25, 0.3) is 5.91 Å². The maximum atomic E-state index is 13.9. The van der Waals surface area contributed by atoms with Crippen LogP contribution < -0.4 is 10.1 Å². The first-order valence-corrected chi connectivity index (χ1v) is 14.3. The predicted octanol–water partition coefficient (Wildman–Crippen LogP) is 7.40. The van der Waals surface area contributed by atoms with Crippen LogP contribution in [-0.4, -0.2) is 28.0 Å². The summed E-state index contributed by atoms with van der Waals surface area (Å²) in [5.74, 6) is -1.47. The lowest BCUT2D eigenvalue weighted by atomic mass is 9.35. The predicted molar refractivity (Wildman–Crippen MR) is 151 cm³/mol. The zero-order valence-corrected chi connectivity index (χ0v) is 24.0. The number of carboxylic acid groups (broad SMARTS) is 1. The van der Waals surface area contributed by atoms with E-state index in [0.717, 1.165) is 50.7 Å². The summed E-state index contributed by atoms with van der Waals surface area (Å²) in [5, 5.41) is 14.1. The van der Waals surface area contributed by atoms with Crippen molar-refractivity contribution < 1.29 is 32.6 Å². The van der Waals surface area contributed by atoms with E-state index in [1.54, 1.807) is 24.4 Å². The molecule has 222 valence electrons. The van der Waals surface area contributed by atoms with Crippen molar-refractivity contribution in [1.82, 2.24) is 10.3 Å². The Morgan fingerprint density at radius 3 is 2.07 bits per heavy atom. The minimum absolute atomic E-state index is 0.0273. The number of carbonyl (C=O) groups excluding carboxylic acids is 1. The lowest BCUT2D eigenvalue weighted by Crippen LogP contribution is -2.66. The van der Waals surface area contributed by atoms with Crippen LogP contribution in [0, 0.1) is 21.7 Å². The van der Waals surface area contributed by atoms with Gasteiger partial charge in [0.1, 0.15) is 18.2 Å². The number of aliphatic carboxylic acids is 1. The molecule has 4 saturated carbocycles. The van der Waals surface area contributed by atoms with Crippen LogP contribution in [0.25, 0.3) is 10.9 Å². The number of carbonyl (C=O) groups is 2. The molecule has 2 N–H and O–H groups in total. The molecule has 0 unspecified atom stereocenters. The first kappa shape index (κ1) is 28.5. The van der Waals surface area contributed by atoms with E-state index in [-0.39, 0.29) is 34.2 Å². The van der Waals surface area contributed by atoms with Gasteiger partial charge >= 0.3 is 12.1 Å². The Labute approximate surface area is 242 Å². The Balaban J connectivity index is 1.31. The van der Waals surface area contributed by atoms with E-state index in [9.17, 15) is 27.9 Å². The van der Waals surface area contributed by atoms with Crippen LogP contribution in [0.4, 0.5) is 13.2 Å². The van der Waals surface area contributed by atoms with Gasteiger partial charge in [-0.1, -0.05) is 45.0 Å². The Morgan fingerprint density at radius 1 is 0.929 bits per heavy atom. The Bertz CT molecular complexity index is 1510. The van der Waals surface area contributed by atoms with Crippen molar-refractivity contribution in [2.45, 2.75) is 78.1 Å². The van der Waals surface area contributed by atoms with Crippen molar-refractivity contribution >= 4 is 22.8 Å². The first-order chi connectivity index (χ1) is 19.6. The molecule has 1 heterocycles. The fourth-order valence-corrected chi connectivity index (χ4v) is 9.77. The molecule has 1 amide bonds. The molecule has 4 fully saturated rings. The van der Waals surface area contributed by atoms with Gasteiger partial charge in [0.05, 0.1) is 11.1 Å². The molecule has 0 spiro atoms. The van der Waals surface area contributed by atoms with Crippen LogP contribution in [0.1, 0.15) is 80.8 Å². The highest BCUT2D eigenvalue weighted by Crippen LogP contribution is 2.74. The van der Waals surface area contributed by atoms with E-state index in [2.05, 4.69) is 31.1 Å². The molecule has 0 radical (unpaired) electrons. The maximum Gasteiger partial charge on any atom is 0.416 e. The topological polar surface area (TPSA) is 88.5 Å². The normalized spacial score (nSPS) is 30.7. The van der Waals surface area contributed by atoms with E-state index in [1.165, 1.54) is 12.1 Å². The Hall–Kier alpha value is -3.62. The number of pyridine rings is 1. The maximum absolute atomic E-state index is 13.9. The molecule has 4 bridgehead atoms. The van der Waals surface area contributed by atoms with Gasteiger partial charge in [-0.05, 0) is 84.6 Å². The number of fused-ring (bicyclic) bond motifs is 1. The summed E-state index contributed by atoms with van der Waals surface area (Å²) in [6.07, 6.45) is 2.55. The van der Waals surface area contributed by atoms with Crippen molar-refractivity contribution in [2.24, 2.45) is 21.7 Å². The SMILES string of the molecule is CC12CC3(C)CC(C)(C1)CC([C@H](NC(=O)c1ccc4cccnc4c1OCc1ccc(C(F)(F)F)cc1)C(=O)O)(C2)C3. The summed E-state index contributed by atoms with van der Waals surface area (Å²) >= 11 is 0. The molecule has 9 heteroatoms. The zero-order chi connectivity index (χ0) is 30.1. The van der Waals surface area contributed by atoms with Crippen LogP contribution in [0.5, 0.6) is 5.75 Å². The van der Waals surface area contributed by atoms with Crippen LogP contribution >= 0.6 is 0 Å². The monoisotopic (exact) mass is 580 g/mol. The quantitative estimate of drug-likeness (QED) is 0.304. The molecule has 1 aromatic heterocycles. The fraction of sp³-hybridized carbons (Fsp3) is 0.485. The third-order valence-electron chi connectivity index (χ3n) is 9.67. The summed E-state index contributed by atoms with van der Waals surface area (Å²) in [6, 6.07) is 10.4. The Kier molecular flexibility index (Phi) is 6.41. The summed E-state index contributed by atoms with van der Waals surface area (Å²) in [4.78, 5) is 31.2. The molecular weight excluding hydrogens is 545 g/mol. The van der Waals surface area contributed by atoms with Gasteiger partial charge in [0, 0.05) is 17.0 Å². The summed E-state index contributed by atoms with van der Waals surface area (Å²) < 4.78 is 45.1. The average molecular weight is 581 g/mol. The standard InChI is InChI=1S/C33H35F3N2O4/c1-29-14-30(2)16-31(3,15-29)19-32(17-29,18-30)26(28(40)41)38-27(39)23-11-8-21-5-4-12-37-24(21)25(23)42-13-20-6-9-22(10-7-20)33(34,35)36/h4-12,26H,13-19H2,1-3H3,(H,38,39)(H,40,41)/t26-,29?,30?,31?,32?/m1/s1. The minimum atomic E-state index is -4.45. The zero-order valence-electron chi connectivity index (χ0n) is 24.0. The average Bonchev–Trinajstić information content (AvgIpc) is 2.86. The third kappa shape index (κ3) is 5.01. The van der Waals surface area contributed by atoms with Gasteiger partial charge in [-0.15, -0.1) is 0 Å². The smallest absolute Gasteiger partial charge is 0.416 e. The molecule has 0 aliphatic heterocycles. The molecule has 3 aromatic rings. The number of nitrogens with zero attached hydrogens (tertiary/aromatic N) is 1. The van der Waals surface area contributed by atoms with Crippen LogP contribution in [-0.2, 0) is 17.6 Å². The first-order valence-electron chi connectivity index (χ1n) is 14.3. The number of benzene rings is 2. The molecular formula is C33H35F3N2O4. The van der Waals surface area contributed by atoms with Crippen molar-refractivity contribution in [3.8, 4) is 5.75 Å². The van der Waals surface area contributed by atoms with Crippen molar-refractivity contribution in [3.63, 3.8) is 0 Å². The largest absolute Gasteiger partial charge is 0.486 e. The van der Waals surface area contributed by atoms with Crippen LogP contribution in [0.2, 0.25) is 0 Å². The van der Waals surface area contributed by atoms with E-state index >= 15 is 0 Å². The van der Waals surface area contributed by atoms with Gasteiger partial charge in [0.15, 0.2) is 5.75 Å². The van der Waals surface area contributed by atoms with Gasteiger partial charge in [-0.2, -0.15) is 13.2 Å². The van der Waals surface area contributed by atoms with E-state index < -0.39 is 35.1 Å². The molecule has 0 saturated heterocycles. The van der Waals surface area contributed by atoms with Gasteiger partial charge in [-0.3, -0.25) is 9.78 Å². The number of rotatable bonds is 7. The summed E-state index contributed by atoms with van der Waals surface area (Å²) in [6.45, 7) is 6.69. The van der Waals surface area contributed by atoms with Crippen molar-refractivity contribution in [1.29, 1.82) is 0 Å². The second-order valence-corrected chi connectivity index (χ2v) is 14.1. The van der Waals surface area contributed by atoms with E-state index in [4.69, 9.17) is 4.74 Å². The number of amides is 1. The molecule has 2 aromatic carbocycles. The molecule has 4 aliphatic rings. The van der Waals surface area contributed by atoms with Crippen LogP contribution in [0.3, 0.4) is 0 Å². The Morgan fingerprint density at radius 2 is 1.52 bits per heavy atom. The molecule has 6 nitrogen and oxygen atoms in total. The minimum Gasteiger partial charge on any atom is -0.486 e. The highest BCUT2D eigenvalue weighted by atomic mass is 19.4. The van der Waals surface area contributed by atoms with Gasteiger partial charge in [-0.25, -0.2) is 4.79 Å². The molecule has 42 heavy (non-hydrogen) atoms. The number of alkyl halides is 3. The van der Waals surface area contributed by atoms with Crippen LogP contribution in [0.15, 0.2) is 54.7 Å². The number of aromatic nitrogens is 1. The number of hydrogen-bond donors (Lipinski definition) is 2. The van der Waals surface area contributed by atoms with Gasteiger partial charge in [0.2, 0.25) is 0 Å². The highest BCUT2D eigenvalue weighted by molar-refractivity contribution is 6.04. The lowest BCUT2D eigenvalue weighted by Gasteiger charge is -2.70. The second kappa shape index (κ2) is 9.44. The number of hydrogen-bond acceptors (Lipinski definition) is 4. The van der Waals surface area contributed by atoms with Gasteiger partial charge < -0.3 is 15.2 Å². The number of nitrogens with one attached hydrogen (secondary N) is 1. The lowest BCUT2D eigenvalue weighted by molar-refractivity contribution is -0.198. The fourth-order valence-electron chi connectivity index (χ4n) is 9.77. The second-order valence-electron chi connectivity index (χ2n) is 14.1. The van der Waals surface area contributed by atoms with Crippen molar-refractivity contribution in [2.75, 3.05) is 0 Å². The summed E-state index contributed by atoms with van der Waals surface area (Å²) in [7, 11) is 0. The molecule has 4 aliphatic carbocycles.